The second-order valence-electron chi connectivity index (χ2n) is 9.33. The molecule has 8 heteroatoms. The van der Waals surface area contributed by atoms with Gasteiger partial charge in [-0.15, -0.1) is 0 Å². The average molecular weight is 454 g/mol. The van der Waals surface area contributed by atoms with Gasteiger partial charge in [-0.3, -0.25) is 4.79 Å². The SMILES string of the molecule is CC12CCC3c4ccc(OS(N)(=O)=O)cc4CCC3C1CC=C2C(=O)Nc1ccccn1. The van der Waals surface area contributed by atoms with Crippen LogP contribution in [-0.4, -0.2) is 19.3 Å². The van der Waals surface area contributed by atoms with Gasteiger partial charge in [0, 0.05) is 17.2 Å². The van der Waals surface area contributed by atoms with Gasteiger partial charge in [0.2, 0.25) is 0 Å². The Bertz CT molecular complexity index is 1190. The van der Waals surface area contributed by atoms with Gasteiger partial charge in [0.25, 0.3) is 5.91 Å². The first-order valence-electron chi connectivity index (χ1n) is 11.0. The van der Waals surface area contributed by atoms with Crippen molar-refractivity contribution < 1.29 is 17.4 Å². The molecule has 0 bridgehead atoms. The summed E-state index contributed by atoms with van der Waals surface area (Å²) < 4.78 is 27.4. The smallest absolute Gasteiger partial charge is 0.371 e. The van der Waals surface area contributed by atoms with Crippen molar-refractivity contribution in [2.45, 2.75) is 44.9 Å². The van der Waals surface area contributed by atoms with Crippen molar-refractivity contribution in [1.82, 2.24) is 4.98 Å². The van der Waals surface area contributed by atoms with Gasteiger partial charge in [0.1, 0.15) is 11.6 Å². The monoisotopic (exact) mass is 453 g/mol. The van der Waals surface area contributed by atoms with Gasteiger partial charge in [-0.2, -0.15) is 13.6 Å². The standard InChI is InChI=1S/C24H27N3O4S/c1-24-12-11-18-17-8-6-16(31-32(25,29)30)14-15(17)5-7-19(18)20(24)9-10-21(24)23(28)27-22-4-2-3-13-26-22/h2-4,6,8,10,13-14,18-20H,5,7,9,11-12H2,1H3,(H2,25,29,30)(H,26,27,28). The van der Waals surface area contributed by atoms with Gasteiger partial charge in [0.15, 0.2) is 0 Å². The van der Waals surface area contributed by atoms with E-state index in [1.165, 1.54) is 5.56 Å². The maximum absolute atomic E-state index is 13.1. The average Bonchev–Trinajstić information content (AvgIpc) is 3.10. The Balaban J connectivity index is 1.36. The molecular weight excluding hydrogens is 426 g/mol. The molecule has 1 aromatic carbocycles. The largest absolute Gasteiger partial charge is 0.380 e. The number of amides is 1. The molecule has 168 valence electrons. The lowest BCUT2D eigenvalue weighted by Gasteiger charge is -2.50. The van der Waals surface area contributed by atoms with Crippen molar-refractivity contribution >= 4 is 22.0 Å². The van der Waals surface area contributed by atoms with E-state index in [0.29, 0.717) is 23.6 Å². The lowest BCUT2D eigenvalue weighted by atomic mass is 9.54. The minimum absolute atomic E-state index is 0.0480. The minimum Gasteiger partial charge on any atom is -0.371 e. The molecule has 1 fully saturated rings. The van der Waals surface area contributed by atoms with Crippen LogP contribution in [0.5, 0.6) is 5.75 Å². The summed E-state index contributed by atoms with van der Waals surface area (Å²) in [4.78, 5) is 17.3. The highest BCUT2D eigenvalue weighted by Crippen LogP contribution is 2.61. The number of carbonyl (C=O) groups excluding carboxylic acids is 1. The van der Waals surface area contributed by atoms with Crippen molar-refractivity contribution in [3.05, 3.63) is 65.4 Å². The van der Waals surface area contributed by atoms with Gasteiger partial charge in [-0.1, -0.05) is 25.1 Å². The molecular formula is C24H27N3O4S. The van der Waals surface area contributed by atoms with E-state index in [2.05, 4.69) is 23.3 Å². The van der Waals surface area contributed by atoms with Crippen LogP contribution < -0.4 is 14.6 Å². The van der Waals surface area contributed by atoms with E-state index in [1.807, 2.05) is 24.3 Å². The highest BCUT2D eigenvalue weighted by molar-refractivity contribution is 7.84. The highest BCUT2D eigenvalue weighted by atomic mass is 32.2. The van der Waals surface area contributed by atoms with Crippen LogP contribution in [0.4, 0.5) is 5.82 Å². The molecule has 7 nitrogen and oxygen atoms in total. The van der Waals surface area contributed by atoms with Gasteiger partial charge >= 0.3 is 10.3 Å². The predicted molar refractivity (Wildman–Crippen MR) is 121 cm³/mol. The van der Waals surface area contributed by atoms with E-state index < -0.39 is 10.3 Å². The Hall–Kier alpha value is -2.71. The Morgan fingerprint density at radius 1 is 1.25 bits per heavy atom. The fourth-order valence-electron chi connectivity index (χ4n) is 6.28. The number of rotatable bonds is 4. The number of nitrogens with two attached hydrogens (primary N) is 1. The van der Waals surface area contributed by atoms with Crippen LogP contribution in [0, 0.1) is 17.3 Å². The number of nitrogens with zero attached hydrogens (tertiary/aromatic N) is 1. The molecule has 0 radical (unpaired) electrons. The fourth-order valence-corrected chi connectivity index (χ4v) is 6.66. The zero-order valence-electron chi connectivity index (χ0n) is 18.0. The quantitative estimate of drug-likeness (QED) is 0.733. The number of pyridine rings is 1. The number of anilines is 1. The summed E-state index contributed by atoms with van der Waals surface area (Å²) in [7, 11) is -4.03. The number of nitrogens with one attached hydrogen (secondary N) is 1. The molecule has 1 aromatic heterocycles. The summed E-state index contributed by atoms with van der Waals surface area (Å²) >= 11 is 0. The fraction of sp³-hybridized carbons (Fsp3) is 0.417. The first-order chi connectivity index (χ1) is 15.2. The summed E-state index contributed by atoms with van der Waals surface area (Å²) in [5.74, 6) is 2.10. The Labute approximate surface area is 188 Å². The summed E-state index contributed by atoms with van der Waals surface area (Å²) in [6, 6.07) is 11.0. The molecule has 32 heavy (non-hydrogen) atoms. The highest BCUT2D eigenvalue weighted by Gasteiger charge is 2.53. The van der Waals surface area contributed by atoms with Crippen molar-refractivity contribution in [2.75, 3.05) is 5.32 Å². The number of allylic oxidation sites excluding steroid dienone is 1. The van der Waals surface area contributed by atoms with Crippen molar-refractivity contribution in [1.29, 1.82) is 0 Å². The van der Waals surface area contributed by atoms with Crippen LogP contribution in [0.25, 0.3) is 0 Å². The third-order valence-corrected chi connectivity index (χ3v) is 8.07. The molecule has 0 saturated heterocycles. The molecule has 5 rings (SSSR count). The second kappa shape index (κ2) is 7.71. The Morgan fingerprint density at radius 2 is 2.09 bits per heavy atom. The third kappa shape index (κ3) is 3.71. The maximum atomic E-state index is 13.1. The van der Waals surface area contributed by atoms with Crippen molar-refractivity contribution in [2.24, 2.45) is 22.4 Å². The normalized spacial score (nSPS) is 28.7. The number of benzene rings is 1. The Kier molecular flexibility index (Phi) is 5.09. The predicted octanol–water partition coefficient (Wildman–Crippen LogP) is 3.70. The molecule has 3 aliphatic rings. The molecule has 1 heterocycles. The molecule has 3 N–H and O–H groups in total. The number of aromatic nitrogens is 1. The van der Waals surface area contributed by atoms with Crippen LogP contribution in [0.3, 0.4) is 0 Å². The van der Waals surface area contributed by atoms with Gasteiger partial charge in [-0.25, -0.2) is 4.98 Å². The molecule has 1 saturated carbocycles. The summed E-state index contributed by atoms with van der Waals surface area (Å²) in [6.07, 6.45) is 8.52. The molecule has 2 aromatic rings. The van der Waals surface area contributed by atoms with Crippen LogP contribution >= 0.6 is 0 Å². The van der Waals surface area contributed by atoms with Gasteiger partial charge < -0.3 is 9.50 Å². The number of hydrogen-bond donors (Lipinski definition) is 2. The maximum Gasteiger partial charge on any atom is 0.380 e. The number of hydrogen-bond acceptors (Lipinski definition) is 5. The van der Waals surface area contributed by atoms with E-state index in [0.717, 1.165) is 43.2 Å². The summed E-state index contributed by atoms with van der Waals surface area (Å²) in [5, 5.41) is 7.98. The molecule has 1 amide bonds. The van der Waals surface area contributed by atoms with E-state index in [4.69, 9.17) is 9.32 Å². The lowest BCUT2D eigenvalue weighted by molar-refractivity contribution is -0.114. The molecule has 3 aliphatic carbocycles. The number of aryl methyl sites for hydroxylation is 1. The lowest BCUT2D eigenvalue weighted by Crippen LogP contribution is -2.43. The van der Waals surface area contributed by atoms with E-state index >= 15 is 0 Å². The number of fused-ring (bicyclic) bond motifs is 5. The zero-order chi connectivity index (χ0) is 22.5. The molecule has 4 atom stereocenters. The number of carbonyl (C=O) groups is 1. The topological polar surface area (TPSA) is 111 Å². The van der Waals surface area contributed by atoms with Crippen LogP contribution in [0.15, 0.2) is 54.2 Å². The minimum atomic E-state index is -4.03. The molecule has 0 spiro atoms. The first-order valence-corrected chi connectivity index (χ1v) is 12.5. The van der Waals surface area contributed by atoms with Crippen LogP contribution in [0.2, 0.25) is 0 Å². The van der Waals surface area contributed by atoms with Crippen LogP contribution in [-0.2, 0) is 21.5 Å². The van der Waals surface area contributed by atoms with Crippen LogP contribution in [0.1, 0.15) is 49.7 Å². The second-order valence-corrected chi connectivity index (χ2v) is 10.5. The zero-order valence-corrected chi connectivity index (χ0v) is 18.8. The molecule has 0 aliphatic heterocycles. The van der Waals surface area contributed by atoms with E-state index in [1.54, 1.807) is 18.3 Å². The summed E-state index contributed by atoms with van der Waals surface area (Å²) in [5.41, 5.74) is 3.15. The van der Waals surface area contributed by atoms with E-state index in [-0.39, 0.29) is 17.1 Å². The first kappa shape index (κ1) is 21.2. The summed E-state index contributed by atoms with van der Waals surface area (Å²) in [6.45, 7) is 2.24. The van der Waals surface area contributed by atoms with Crippen molar-refractivity contribution in [3.63, 3.8) is 0 Å². The van der Waals surface area contributed by atoms with Gasteiger partial charge in [-0.05, 0) is 85.3 Å². The third-order valence-electron chi connectivity index (χ3n) is 7.64. The van der Waals surface area contributed by atoms with Crippen molar-refractivity contribution in [3.8, 4) is 5.75 Å². The van der Waals surface area contributed by atoms with Gasteiger partial charge in [0.05, 0.1) is 0 Å². The van der Waals surface area contributed by atoms with E-state index in [9.17, 15) is 13.2 Å². The Morgan fingerprint density at radius 3 is 2.84 bits per heavy atom. The molecule has 4 unspecified atom stereocenters.